The lowest BCUT2D eigenvalue weighted by atomic mass is 10.2. The van der Waals surface area contributed by atoms with Crippen LogP contribution < -0.4 is 4.90 Å². The zero-order valence-corrected chi connectivity index (χ0v) is 14.2. The molecule has 2 aromatic rings. The molecule has 0 atom stereocenters. The molecule has 18 heavy (non-hydrogen) atoms. The predicted molar refractivity (Wildman–Crippen MR) is 87.8 cm³/mol. The molecule has 1 heterocycles. The van der Waals surface area contributed by atoms with Crippen molar-refractivity contribution >= 4 is 48.9 Å². The molecule has 0 saturated carbocycles. The molecule has 1 nitrogen and oxygen atoms in total. The SMILES string of the molecule is CCN(Cc1cccs1)c1ccc(Br)cc1CBr. The number of rotatable bonds is 5. The number of anilines is 1. The summed E-state index contributed by atoms with van der Waals surface area (Å²) in [7, 11) is 0. The maximum Gasteiger partial charge on any atom is 0.0522 e. The Labute approximate surface area is 129 Å². The van der Waals surface area contributed by atoms with Crippen LogP contribution in [-0.2, 0) is 11.9 Å². The summed E-state index contributed by atoms with van der Waals surface area (Å²) in [5.74, 6) is 0. The van der Waals surface area contributed by atoms with Crippen molar-refractivity contribution < 1.29 is 0 Å². The minimum atomic E-state index is 0.878. The summed E-state index contributed by atoms with van der Waals surface area (Å²) < 4.78 is 1.13. The predicted octanol–water partition coefficient (Wildman–Crippen LogP) is 5.43. The van der Waals surface area contributed by atoms with Crippen LogP contribution in [0.5, 0.6) is 0 Å². The van der Waals surface area contributed by atoms with Gasteiger partial charge in [-0.25, -0.2) is 0 Å². The summed E-state index contributed by atoms with van der Waals surface area (Å²) >= 11 is 8.92. The average Bonchev–Trinajstić information content (AvgIpc) is 2.89. The van der Waals surface area contributed by atoms with E-state index in [0.29, 0.717) is 0 Å². The van der Waals surface area contributed by atoms with Gasteiger partial charge in [-0.3, -0.25) is 0 Å². The molecule has 0 aliphatic rings. The normalized spacial score (nSPS) is 10.6. The van der Waals surface area contributed by atoms with E-state index in [4.69, 9.17) is 0 Å². The third-order valence-corrected chi connectivity index (χ3v) is 4.79. The fraction of sp³-hybridized carbons (Fsp3) is 0.286. The van der Waals surface area contributed by atoms with Crippen molar-refractivity contribution in [3.05, 3.63) is 50.6 Å². The summed E-state index contributed by atoms with van der Waals surface area (Å²) in [6.45, 7) is 4.20. The quantitative estimate of drug-likeness (QED) is 0.617. The summed E-state index contributed by atoms with van der Waals surface area (Å²) in [5.41, 5.74) is 2.63. The molecular weight excluding hydrogens is 374 g/mol. The lowest BCUT2D eigenvalue weighted by Crippen LogP contribution is -2.22. The van der Waals surface area contributed by atoms with Crippen molar-refractivity contribution in [2.24, 2.45) is 0 Å². The Morgan fingerprint density at radius 2 is 2.11 bits per heavy atom. The van der Waals surface area contributed by atoms with Gasteiger partial charge in [0.15, 0.2) is 0 Å². The van der Waals surface area contributed by atoms with Gasteiger partial charge in [-0.1, -0.05) is 37.9 Å². The van der Waals surface area contributed by atoms with Crippen LogP contribution in [0, 0.1) is 0 Å². The molecule has 0 radical (unpaired) electrons. The number of benzene rings is 1. The Bertz CT molecular complexity index is 497. The maximum atomic E-state index is 3.57. The van der Waals surface area contributed by atoms with Gasteiger partial charge in [0.2, 0.25) is 0 Å². The van der Waals surface area contributed by atoms with E-state index < -0.39 is 0 Å². The maximum absolute atomic E-state index is 3.57. The molecular formula is C14H15Br2NS. The van der Waals surface area contributed by atoms with E-state index in [2.05, 4.69) is 79.4 Å². The summed E-state index contributed by atoms with van der Waals surface area (Å²) in [6, 6.07) is 10.8. The van der Waals surface area contributed by atoms with Crippen molar-refractivity contribution in [2.75, 3.05) is 11.4 Å². The van der Waals surface area contributed by atoms with E-state index in [1.807, 2.05) is 11.3 Å². The van der Waals surface area contributed by atoms with E-state index >= 15 is 0 Å². The van der Waals surface area contributed by atoms with E-state index in [1.165, 1.54) is 16.1 Å². The second kappa shape index (κ2) is 6.73. The number of hydrogen-bond donors (Lipinski definition) is 0. The van der Waals surface area contributed by atoms with E-state index in [-0.39, 0.29) is 0 Å². The second-order valence-electron chi connectivity index (χ2n) is 4.00. The Balaban J connectivity index is 2.26. The molecule has 0 bridgehead atoms. The number of alkyl halides is 1. The Morgan fingerprint density at radius 1 is 1.28 bits per heavy atom. The van der Waals surface area contributed by atoms with Crippen LogP contribution >= 0.6 is 43.2 Å². The van der Waals surface area contributed by atoms with Crippen molar-refractivity contribution in [3.63, 3.8) is 0 Å². The molecule has 0 aliphatic carbocycles. The molecule has 1 aromatic carbocycles. The summed E-state index contributed by atoms with van der Waals surface area (Å²) in [4.78, 5) is 3.81. The molecule has 96 valence electrons. The van der Waals surface area contributed by atoms with Gasteiger partial charge in [0.25, 0.3) is 0 Å². The minimum Gasteiger partial charge on any atom is -0.366 e. The Hall–Kier alpha value is -0.320. The van der Waals surface area contributed by atoms with E-state index in [1.54, 1.807) is 0 Å². The minimum absolute atomic E-state index is 0.878. The Morgan fingerprint density at radius 3 is 2.72 bits per heavy atom. The van der Waals surface area contributed by atoms with Crippen molar-refractivity contribution in [1.29, 1.82) is 0 Å². The van der Waals surface area contributed by atoms with Gasteiger partial charge in [0.1, 0.15) is 0 Å². The molecule has 0 aliphatic heterocycles. The monoisotopic (exact) mass is 387 g/mol. The molecule has 0 saturated heterocycles. The van der Waals surface area contributed by atoms with Crippen LogP contribution in [-0.4, -0.2) is 6.54 Å². The van der Waals surface area contributed by atoms with Crippen LogP contribution in [0.4, 0.5) is 5.69 Å². The fourth-order valence-corrected chi connectivity index (χ4v) is 3.50. The number of halogens is 2. The van der Waals surface area contributed by atoms with Gasteiger partial charge < -0.3 is 4.90 Å². The van der Waals surface area contributed by atoms with E-state index in [9.17, 15) is 0 Å². The third-order valence-electron chi connectivity index (χ3n) is 2.83. The second-order valence-corrected chi connectivity index (χ2v) is 6.51. The summed E-state index contributed by atoms with van der Waals surface area (Å²) in [5, 5.41) is 3.01. The largest absolute Gasteiger partial charge is 0.366 e. The lowest BCUT2D eigenvalue weighted by Gasteiger charge is -2.25. The molecule has 0 amide bonds. The van der Waals surface area contributed by atoms with Gasteiger partial charge >= 0.3 is 0 Å². The third kappa shape index (κ3) is 3.37. The van der Waals surface area contributed by atoms with Gasteiger partial charge in [0, 0.05) is 26.9 Å². The van der Waals surface area contributed by atoms with Crippen LogP contribution in [0.25, 0.3) is 0 Å². The highest BCUT2D eigenvalue weighted by atomic mass is 79.9. The highest BCUT2D eigenvalue weighted by Gasteiger charge is 2.10. The van der Waals surface area contributed by atoms with E-state index in [0.717, 1.165) is 22.9 Å². The van der Waals surface area contributed by atoms with Gasteiger partial charge in [-0.05, 0) is 42.1 Å². The first-order valence-corrected chi connectivity index (χ1v) is 8.65. The molecule has 0 fully saturated rings. The van der Waals surface area contributed by atoms with Gasteiger partial charge in [-0.2, -0.15) is 0 Å². The average molecular weight is 389 g/mol. The summed E-state index contributed by atoms with van der Waals surface area (Å²) in [6.07, 6.45) is 0. The number of thiophene rings is 1. The standard InChI is InChI=1S/C14H15Br2NS/c1-2-17(10-13-4-3-7-18-13)14-6-5-12(16)8-11(14)9-15/h3-8H,2,9-10H2,1H3. The first-order chi connectivity index (χ1) is 8.74. The van der Waals surface area contributed by atoms with Gasteiger partial charge in [0.05, 0.1) is 6.54 Å². The van der Waals surface area contributed by atoms with Crippen LogP contribution in [0.1, 0.15) is 17.4 Å². The highest BCUT2D eigenvalue weighted by molar-refractivity contribution is 9.10. The zero-order valence-electron chi connectivity index (χ0n) is 10.2. The van der Waals surface area contributed by atoms with Gasteiger partial charge in [-0.15, -0.1) is 11.3 Å². The van der Waals surface area contributed by atoms with Crippen molar-refractivity contribution in [2.45, 2.75) is 18.8 Å². The fourth-order valence-electron chi connectivity index (χ4n) is 1.93. The molecule has 1 aromatic heterocycles. The molecule has 0 N–H and O–H groups in total. The molecule has 4 heteroatoms. The smallest absolute Gasteiger partial charge is 0.0522 e. The number of hydrogen-bond acceptors (Lipinski definition) is 2. The highest BCUT2D eigenvalue weighted by Crippen LogP contribution is 2.28. The van der Waals surface area contributed by atoms with Crippen LogP contribution in [0.15, 0.2) is 40.2 Å². The topological polar surface area (TPSA) is 3.24 Å². The first-order valence-electron chi connectivity index (χ1n) is 5.86. The van der Waals surface area contributed by atoms with Crippen molar-refractivity contribution in [3.8, 4) is 0 Å². The Kier molecular flexibility index (Phi) is 5.27. The molecule has 0 spiro atoms. The lowest BCUT2D eigenvalue weighted by molar-refractivity contribution is 0.837. The zero-order chi connectivity index (χ0) is 13.0. The van der Waals surface area contributed by atoms with Crippen LogP contribution in [0.2, 0.25) is 0 Å². The molecule has 0 unspecified atom stereocenters. The first kappa shape index (κ1) is 14.1. The number of nitrogens with zero attached hydrogens (tertiary/aromatic N) is 1. The van der Waals surface area contributed by atoms with Crippen LogP contribution in [0.3, 0.4) is 0 Å². The van der Waals surface area contributed by atoms with Crippen molar-refractivity contribution in [1.82, 2.24) is 0 Å². The molecule has 2 rings (SSSR count).